The zero-order chi connectivity index (χ0) is 13.7. The fraction of sp³-hybridized carbons (Fsp3) is 0.133. The molecule has 0 aliphatic heterocycles. The maximum Gasteiger partial charge on any atom is 0.221 e. The second-order valence-electron chi connectivity index (χ2n) is 4.10. The molecule has 0 heterocycles. The van der Waals surface area contributed by atoms with Crippen LogP contribution >= 0.6 is 15.9 Å². The molecular formula is C15H14BrNO2. The fourth-order valence-corrected chi connectivity index (χ4v) is 2.13. The molecule has 0 radical (unpaired) electrons. The minimum absolute atomic E-state index is 0.0927. The van der Waals surface area contributed by atoms with E-state index in [-0.39, 0.29) is 5.91 Å². The molecule has 1 N–H and O–H groups in total. The summed E-state index contributed by atoms with van der Waals surface area (Å²) in [6, 6.07) is 15.4. The van der Waals surface area contributed by atoms with Gasteiger partial charge in [0.25, 0.3) is 0 Å². The summed E-state index contributed by atoms with van der Waals surface area (Å²) < 4.78 is 6.54. The number of amides is 1. The monoisotopic (exact) mass is 319 g/mol. The van der Waals surface area contributed by atoms with Gasteiger partial charge in [-0.3, -0.25) is 4.79 Å². The molecule has 3 nitrogen and oxygen atoms in total. The molecule has 2 aromatic rings. The van der Waals surface area contributed by atoms with Gasteiger partial charge < -0.3 is 10.1 Å². The van der Waals surface area contributed by atoms with Crippen LogP contribution in [0.15, 0.2) is 53.0 Å². The normalized spacial score (nSPS) is 10.0. The molecule has 98 valence electrons. The van der Waals surface area contributed by atoms with E-state index >= 15 is 0 Å². The number of carbonyl (C=O) groups is 1. The lowest BCUT2D eigenvalue weighted by molar-refractivity contribution is -0.114. The van der Waals surface area contributed by atoms with Crippen LogP contribution in [0.25, 0.3) is 0 Å². The number of benzene rings is 2. The Hall–Kier alpha value is -1.81. The first-order chi connectivity index (χ1) is 9.15. The second kappa shape index (κ2) is 6.38. The van der Waals surface area contributed by atoms with Gasteiger partial charge >= 0.3 is 0 Å². The third-order valence-electron chi connectivity index (χ3n) is 2.49. The number of carbonyl (C=O) groups excluding carboxylic acids is 1. The van der Waals surface area contributed by atoms with E-state index in [4.69, 9.17) is 4.74 Å². The first-order valence-corrected chi connectivity index (χ1v) is 6.68. The quantitative estimate of drug-likeness (QED) is 0.925. The lowest BCUT2D eigenvalue weighted by Crippen LogP contribution is -2.05. The van der Waals surface area contributed by atoms with Gasteiger partial charge in [0.15, 0.2) is 0 Å². The highest BCUT2D eigenvalue weighted by atomic mass is 79.9. The number of anilines is 1. The van der Waals surface area contributed by atoms with Crippen molar-refractivity contribution in [1.82, 2.24) is 0 Å². The molecule has 0 fully saturated rings. The minimum Gasteiger partial charge on any atom is -0.488 e. The molecule has 2 rings (SSSR count). The largest absolute Gasteiger partial charge is 0.488 e. The van der Waals surface area contributed by atoms with E-state index in [0.717, 1.165) is 21.5 Å². The average molecular weight is 320 g/mol. The number of rotatable bonds is 4. The third kappa shape index (κ3) is 4.10. The molecule has 4 heteroatoms. The summed E-state index contributed by atoms with van der Waals surface area (Å²) in [6.45, 7) is 1.99. The van der Waals surface area contributed by atoms with E-state index in [1.807, 2.05) is 48.5 Å². The zero-order valence-electron chi connectivity index (χ0n) is 10.5. The molecule has 0 saturated heterocycles. The molecule has 0 saturated carbocycles. The Morgan fingerprint density at radius 2 is 1.95 bits per heavy atom. The van der Waals surface area contributed by atoms with Gasteiger partial charge in [-0.2, -0.15) is 0 Å². The Morgan fingerprint density at radius 3 is 2.58 bits per heavy atom. The topological polar surface area (TPSA) is 38.3 Å². The third-order valence-corrected chi connectivity index (χ3v) is 3.11. The van der Waals surface area contributed by atoms with Crippen LogP contribution < -0.4 is 10.1 Å². The highest BCUT2D eigenvalue weighted by Gasteiger charge is 2.04. The van der Waals surface area contributed by atoms with E-state index in [1.54, 1.807) is 0 Å². The average Bonchev–Trinajstić information content (AvgIpc) is 2.38. The van der Waals surface area contributed by atoms with Crippen molar-refractivity contribution in [2.75, 3.05) is 5.32 Å². The predicted octanol–water partition coefficient (Wildman–Crippen LogP) is 3.99. The van der Waals surface area contributed by atoms with Crippen molar-refractivity contribution >= 4 is 27.5 Å². The highest BCUT2D eigenvalue weighted by molar-refractivity contribution is 9.10. The number of hydrogen-bond acceptors (Lipinski definition) is 2. The summed E-state index contributed by atoms with van der Waals surface area (Å²) in [5, 5.41) is 2.72. The zero-order valence-corrected chi connectivity index (χ0v) is 12.1. The number of halogens is 1. The van der Waals surface area contributed by atoms with Gasteiger partial charge in [-0.25, -0.2) is 0 Å². The van der Waals surface area contributed by atoms with Gasteiger partial charge in [-0.05, 0) is 39.7 Å². The van der Waals surface area contributed by atoms with Gasteiger partial charge in [0.1, 0.15) is 12.4 Å². The van der Waals surface area contributed by atoms with Gasteiger partial charge in [-0.1, -0.05) is 30.3 Å². The van der Waals surface area contributed by atoms with Gasteiger partial charge in [0.05, 0.1) is 4.47 Å². The lowest BCUT2D eigenvalue weighted by atomic mass is 10.2. The van der Waals surface area contributed by atoms with Crippen LogP contribution in [0.3, 0.4) is 0 Å². The number of hydrogen-bond donors (Lipinski definition) is 1. The molecule has 0 aliphatic carbocycles. The fourth-order valence-electron chi connectivity index (χ4n) is 1.63. The molecular weight excluding hydrogens is 306 g/mol. The molecule has 0 atom stereocenters. The first kappa shape index (κ1) is 13.6. The smallest absolute Gasteiger partial charge is 0.221 e. The highest BCUT2D eigenvalue weighted by Crippen LogP contribution is 2.28. The minimum atomic E-state index is -0.0927. The van der Waals surface area contributed by atoms with Crippen molar-refractivity contribution < 1.29 is 9.53 Å². The van der Waals surface area contributed by atoms with E-state index in [9.17, 15) is 4.79 Å². The molecule has 0 unspecified atom stereocenters. The Labute approximate surface area is 120 Å². The molecule has 0 spiro atoms. The van der Waals surface area contributed by atoms with Crippen molar-refractivity contribution in [2.45, 2.75) is 13.5 Å². The summed E-state index contributed by atoms with van der Waals surface area (Å²) in [7, 11) is 0. The molecule has 0 aliphatic rings. The Morgan fingerprint density at radius 1 is 1.21 bits per heavy atom. The van der Waals surface area contributed by atoms with Crippen molar-refractivity contribution in [3.63, 3.8) is 0 Å². The number of ether oxygens (including phenoxy) is 1. The van der Waals surface area contributed by atoms with Gasteiger partial charge in [-0.15, -0.1) is 0 Å². The van der Waals surface area contributed by atoms with Gasteiger partial charge in [0, 0.05) is 12.6 Å². The van der Waals surface area contributed by atoms with Crippen LogP contribution in [-0.2, 0) is 11.4 Å². The van der Waals surface area contributed by atoms with Crippen LogP contribution in [0.2, 0.25) is 0 Å². The van der Waals surface area contributed by atoms with Crippen molar-refractivity contribution in [3.8, 4) is 5.75 Å². The van der Waals surface area contributed by atoms with Crippen molar-refractivity contribution in [3.05, 3.63) is 58.6 Å². The Balaban J connectivity index is 2.03. The summed E-state index contributed by atoms with van der Waals surface area (Å²) in [5.41, 5.74) is 1.85. The van der Waals surface area contributed by atoms with E-state index in [1.165, 1.54) is 6.92 Å². The van der Waals surface area contributed by atoms with E-state index < -0.39 is 0 Å². The van der Waals surface area contributed by atoms with Crippen LogP contribution in [0, 0.1) is 0 Å². The van der Waals surface area contributed by atoms with Crippen molar-refractivity contribution in [2.24, 2.45) is 0 Å². The molecule has 2 aromatic carbocycles. The summed E-state index contributed by atoms with van der Waals surface area (Å²) in [5.74, 6) is 0.655. The molecule has 19 heavy (non-hydrogen) atoms. The van der Waals surface area contributed by atoms with Gasteiger partial charge in [0.2, 0.25) is 5.91 Å². The maximum atomic E-state index is 11.0. The standard InChI is InChI=1S/C15H14BrNO2/c1-11(18)17-13-7-8-15(14(16)9-13)19-10-12-5-3-2-4-6-12/h2-9H,10H2,1H3,(H,17,18). The summed E-state index contributed by atoms with van der Waals surface area (Å²) in [6.07, 6.45) is 0. The molecule has 0 aromatic heterocycles. The summed E-state index contributed by atoms with van der Waals surface area (Å²) >= 11 is 3.43. The SMILES string of the molecule is CC(=O)Nc1ccc(OCc2ccccc2)c(Br)c1. The van der Waals surface area contributed by atoms with E-state index in [2.05, 4.69) is 21.2 Å². The van der Waals surface area contributed by atoms with Crippen LogP contribution in [0.1, 0.15) is 12.5 Å². The van der Waals surface area contributed by atoms with Crippen LogP contribution in [0.5, 0.6) is 5.75 Å². The maximum absolute atomic E-state index is 11.0. The molecule has 1 amide bonds. The number of nitrogens with one attached hydrogen (secondary N) is 1. The Kier molecular flexibility index (Phi) is 4.58. The second-order valence-corrected chi connectivity index (χ2v) is 4.95. The van der Waals surface area contributed by atoms with E-state index in [0.29, 0.717) is 6.61 Å². The van der Waals surface area contributed by atoms with Crippen molar-refractivity contribution in [1.29, 1.82) is 0 Å². The lowest BCUT2D eigenvalue weighted by Gasteiger charge is -2.10. The first-order valence-electron chi connectivity index (χ1n) is 5.89. The summed E-state index contributed by atoms with van der Waals surface area (Å²) in [4.78, 5) is 11.0. The predicted molar refractivity (Wildman–Crippen MR) is 79.2 cm³/mol. The van der Waals surface area contributed by atoms with Crippen LogP contribution in [0.4, 0.5) is 5.69 Å². The Bertz CT molecular complexity index is 570. The molecule has 0 bridgehead atoms. The van der Waals surface area contributed by atoms with Crippen LogP contribution in [-0.4, -0.2) is 5.91 Å².